The van der Waals surface area contributed by atoms with Crippen LogP contribution in [0.2, 0.25) is 10.0 Å². The molecule has 0 fully saturated rings. The third-order valence-electron chi connectivity index (χ3n) is 3.45. The molecule has 1 atom stereocenters. The fraction of sp³-hybridized carbons (Fsp3) is 0.625. The Kier molecular flexibility index (Phi) is 7.32. The first-order valence-corrected chi connectivity index (χ1v) is 7.98. The Morgan fingerprint density at radius 2 is 1.95 bits per heavy atom. The molecule has 0 radical (unpaired) electrons. The summed E-state index contributed by atoms with van der Waals surface area (Å²) in [5.74, 6) is 0. The molecule has 20 heavy (non-hydrogen) atoms. The lowest BCUT2D eigenvalue weighted by atomic mass is 9.92. The van der Waals surface area contributed by atoms with Gasteiger partial charge in [0.05, 0.1) is 15.6 Å². The van der Waals surface area contributed by atoms with Gasteiger partial charge in [0.2, 0.25) is 0 Å². The van der Waals surface area contributed by atoms with Crippen LogP contribution in [-0.4, -0.2) is 24.8 Å². The first-order chi connectivity index (χ1) is 9.42. The van der Waals surface area contributed by atoms with Crippen molar-refractivity contribution < 1.29 is 4.74 Å². The van der Waals surface area contributed by atoms with E-state index in [1.165, 1.54) is 0 Å². The van der Waals surface area contributed by atoms with Gasteiger partial charge in [-0.25, -0.2) is 0 Å². The first-order valence-electron chi connectivity index (χ1n) is 7.22. The van der Waals surface area contributed by atoms with E-state index in [1.54, 1.807) is 0 Å². The second-order valence-electron chi connectivity index (χ2n) is 5.46. The zero-order valence-electron chi connectivity index (χ0n) is 12.8. The van der Waals surface area contributed by atoms with Crippen LogP contribution in [0, 0.1) is 0 Å². The average Bonchev–Trinajstić information content (AvgIpc) is 2.39. The quantitative estimate of drug-likeness (QED) is 0.749. The third kappa shape index (κ3) is 4.92. The molecule has 1 rings (SSSR count). The van der Waals surface area contributed by atoms with Crippen molar-refractivity contribution in [3.05, 3.63) is 33.8 Å². The molecule has 2 nitrogen and oxygen atoms in total. The highest BCUT2D eigenvalue weighted by atomic mass is 35.5. The Morgan fingerprint density at radius 1 is 1.25 bits per heavy atom. The Balaban J connectivity index is 2.91. The summed E-state index contributed by atoms with van der Waals surface area (Å²) < 4.78 is 5.89. The van der Waals surface area contributed by atoms with Crippen LogP contribution in [0.4, 0.5) is 0 Å². The number of hydrogen-bond donors (Lipinski definition) is 1. The van der Waals surface area contributed by atoms with Crippen molar-refractivity contribution in [2.24, 2.45) is 0 Å². The lowest BCUT2D eigenvalue weighted by Gasteiger charge is -2.35. The van der Waals surface area contributed by atoms with E-state index < -0.39 is 0 Å². The highest BCUT2D eigenvalue weighted by molar-refractivity contribution is 6.42. The van der Waals surface area contributed by atoms with Crippen molar-refractivity contribution in [1.29, 1.82) is 0 Å². The summed E-state index contributed by atoms with van der Waals surface area (Å²) in [6, 6.07) is 5.97. The highest BCUT2D eigenvalue weighted by Crippen LogP contribution is 2.28. The summed E-state index contributed by atoms with van der Waals surface area (Å²) in [4.78, 5) is 0. The van der Waals surface area contributed by atoms with Gasteiger partial charge in [-0.1, -0.05) is 42.3 Å². The summed E-state index contributed by atoms with van der Waals surface area (Å²) >= 11 is 12.4. The lowest BCUT2D eigenvalue weighted by molar-refractivity contribution is -0.0379. The van der Waals surface area contributed by atoms with E-state index in [4.69, 9.17) is 27.9 Å². The van der Waals surface area contributed by atoms with E-state index >= 15 is 0 Å². The summed E-state index contributed by atoms with van der Waals surface area (Å²) in [5.41, 5.74) is 0.802. The Morgan fingerprint density at radius 3 is 2.55 bits per heavy atom. The third-order valence-corrected chi connectivity index (χ3v) is 4.31. The van der Waals surface area contributed by atoms with Crippen molar-refractivity contribution in [3.63, 3.8) is 0 Å². The Labute approximate surface area is 132 Å². The molecule has 1 aromatic carbocycles. The van der Waals surface area contributed by atoms with Gasteiger partial charge in [-0.05, 0) is 51.8 Å². The number of nitrogens with one attached hydrogen (secondary N) is 1. The van der Waals surface area contributed by atoms with Crippen molar-refractivity contribution in [1.82, 2.24) is 5.32 Å². The fourth-order valence-corrected chi connectivity index (χ4v) is 2.68. The standard InChI is InChI=1S/C16H25Cl2NO/c1-5-10-19-14(16(3,4)20-6-2)11-12-8-7-9-13(17)15(12)18/h7-9,14,19H,5-6,10-11H2,1-4H3. The molecule has 0 aliphatic heterocycles. The van der Waals surface area contributed by atoms with Gasteiger partial charge in [0.15, 0.2) is 0 Å². The van der Waals surface area contributed by atoms with Crippen molar-refractivity contribution >= 4 is 23.2 Å². The Hall–Kier alpha value is -0.280. The molecule has 0 spiro atoms. The van der Waals surface area contributed by atoms with Crippen LogP contribution in [0.5, 0.6) is 0 Å². The van der Waals surface area contributed by atoms with E-state index in [-0.39, 0.29) is 11.6 Å². The van der Waals surface area contributed by atoms with Crippen LogP contribution in [0.15, 0.2) is 18.2 Å². The molecule has 0 aliphatic rings. The fourth-order valence-electron chi connectivity index (χ4n) is 2.28. The number of benzene rings is 1. The second-order valence-corrected chi connectivity index (χ2v) is 6.25. The van der Waals surface area contributed by atoms with Gasteiger partial charge < -0.3 is 10.1 Å². The maximum absolute atomic E-state index is 6.30. The summed E-state index contributed by atoms with van der Waals surface area (Å²) in [6.45, 7) is 10.1. The summed E-state index contributed by atoms with van der Waals surface area (Å²) in [6.07, 6.45) is 1.88. The molecule has 0 aromatic heterocycles. The molecule has 1 N–H and O–H groups in total. The van der Waals surface area contributed by atoms with Gasteiger partial charge in [0.1, 0.15) is 0 Å². The van der Waals surface area contributed by atoms with Crippen LogP contribution >= 0.6 is 23.2 Å². The van der Waals surface area contributed by atoms with Crippen molar-refractivity contribution in [2.75, 3.05) is 13.2 Å². The maximum Gasteiger partial charge on any atom is 0.0781 e. The largest absolute Gasteiger partial charge is 0.374 e. The smallest absolute Gasteiger partial charge is 0.0781 e. The average molecular weight is 318 g/mol. The number of halogens is 2. The first kappa shape index (κ1) is 17.8. The lowest BCUT2D eigenvalue weighted by Crippen LogP contribution is -2.50. The number of hydrogen-bond acceptors (Lipinski definition) is 2. The van der Waals surface area contributed by atoms with E-state index in [0.29, 0.717) is 16.7 Å². The van der Waals surface area contributed by atoms with Gasteiger partial charge >= 0.3 is 0 Å². The van der Waals surface area contributed by atoms with Crippen LogP contribution in [-0.2, 0) is 11.2 Å². The summed E-state index contributed by atoms with van der Waals surface area (Å²) in [7, 11) is 0. The van der Waals surface area contributed by atoms with Crippen LogP contribution in [0.1, 0.15) is 39.7 Å². The van der Waals surface area contributed by atoms with Gasteiger partial charge in [0, 0.05) is 12.6 Å². The molecule has 0 saturated heterocycles. The van der Waals surface area contributed by atoms with Gasteiger partial charge in [-0.3, -0.25) is 0 Å². The van der Waals surface area contributed by atoms with E-state index in [0.717, 1.165) is 24.9 Å². The van der Waals surface area contributed by atoms with E-state index in [2.05, 4.69) is 26.1 Å². The summed E-state index contributed by atoms with van der Waals surface area (Å²) in [5, 5.41) is 4.81. The molecule has 0 heterocycles. The van der Waals surface area contributed by atoms with E-state index in [1.807, 2.05) is 25.1 Å². The topological polar surface area (TPSA) is 21.3 Å². The minimum absolute atomic E-state index is 0.193. The van der Waals surface area contributed by atoms with Gasteiger partial charge in [0.25, 0.3) is 0 Å². The monoisotopic (exact) mass is 317 g/mol. The number of ether oxygens (including phenoxy) is 1. The molecule has 4 heteroatoms. The minimum atomic E-state index is -0.254. The molecular weight excluding hydrogens is 293 g/mol. The molecule has 0 aliphatic carbocycles. The molecule has 1 unspecified atom stereocenters. The van der Waals surface area contributed by atoms with Gasteiger partial charge in [-0.2, -0.15) is 0 Å². The molecule has 0 bridgehead atoms. The van der Waals surface area contributed by atoms with Crippen LogP contribution in [0.3, 0.4) is 0 Å². The predicted molar refractivity (Wildman–Crippen MR) is 88.0 cm³/mol. The van der Waals surface area contributed by atoms with Crippen molar-refractivity contribution in [3.8, 4) is 0 Å². The highest BCUT2D eigenvalue weighted by Gasteiger charge is 2.30. The van der Waals surface area contributed by atoms with Crippen molar-refractivity contribution in [2.45, 2.75) is 52.2 Å². The zero-order valence-corrected chi connectivity index (χ0v) is 14.3. The van der Waals surface area contributed by atoms with E-state index in [9.17, 15) is 0 Å². The predicted octanol–water partition coefficient (Wildman–Crippen LogP) is 4.72. The molecule has 0 amide bonds. The molecule has 114 valence electrons. The number of rotatable bonds is 8. The van der Waals surface area contributed by atoms with Crippen LogP contribution < -0.4 is 5.32 Å². The molecule has 1 aromatic rings. The van der Waals surface area contributed by atoms with Gasteiger partial charge in [-0.15, -0.1) is 0 Å². The molecular formula is C16H25Cl2NO. The maximum atomic E-state index is 6.30. The second kappa shape index (κ2) is 8.23. The normalized spacial score (nSPS) is 13.5. The zero-order chi connectivity index (χ0) is 15.2. The minimum Gasteiger partial charge on any atom is -0.374 e. The van der Waals surface area contributed by atoms with Crippen LogP contribution in [0.25, 0.3) is 0 Å². The Bertz CT molecular complexity index is 421. The SMILES string of the molecule is CCCNC(Cc1cccc(Cl)c1Cl)C(C)(C)OCC. The molecule has 0 saturated carbocycles.